The summed E-state index contributed by atoms with van der Waals surface area (Å²) < 4.78 is 25.7. The molecule has 162 valence electrons. The lowest BCUT2D eigenvalue weighted by molar-refractivity contribution is -0.144. The molecule has 1 aromatic carbocycles. The van der Waals surface area contributed by atoms with Gasteiger partial charge in [-0.2, -0.15) is 4.98 Å². The molecule has 0 aliphatic carbocycles. The molecular weight excluding hydrogens is 408 g/mol. The van der Waals surface area contributed by atoms with Gasteiger partial charge in [-0.1, -0.05) is 5.16 Å². The van der Waals surface area contributed by atoms with E-state index in [4.69, 9.17) is 23.5 Å². The van der Waals surface area contributed by atoms with Crippen molar-refractivity contribution in [1.82, 2.24) is 20.4 Å². The third-order valence-corrected chi connectivity index (χ3v) is 4.06. The van der Waals surface area contributed by atoms with Gasteiger partial charge in [0, 0.05) is 23.5 Å². The number of pyridine rings is 1. The van der Waals surface area contributed by atoms with Crippen LogP contribution in [0, 0.1) is 0 Å². The molecule has 3 aromatic rings. The lowest BCUT2D eigenvalue weighted by atomic mass is 10.1. The van der Waals surface area contributed by atoms with Crippen LogP contribution in [0.25, 0.3) is 11.4 Å². The number of nitrogens with one attached hydrogen (secondary N) is 1. The number of carbonyl (C=O) groups is 2. The standard InChI is InChI=1S/C20H20N4O7/c1-27-14-7-13(8-15(28-2)18(14)29-3)20(26)22-10-17(25)30-11-16-23-19(24-31-16)12-5-4-6-21-9-12/h4-9H,10-11H2,1-3H3,(H,22,26). The number of esters is 1. The molecule has 1 amide bonds. The molecule has 0 spiro atoms. The first-order valence-corrected chi connectivity index (χ1v) is 9.02. The SMILES string of the molecule is COc1cc(C(=O)NCC(=O)OCc2nc(-c3cccnc3)no2)cc(OC)c1OC. The van der Waals surface area contributed by atoms with E-state index in [2.05, 4.69) is 20.4 Å². The van der Waals surface area contributed by atoms with Gasteiger partial charge in [-0.05, 0) is 24.3 Å². The molecule has 0 unspecified atom stereocenters. The highest BCUT2D eigenvalue weighted by molar-refractivity contribution is 5.97. The van der Waals surface area contributed by atoms with Crippen molar-refractivity contribution >= 4 is 11.9 Å². The van der Waals surface area contributed by atoms with E-state index in [0.29, 0.717) is 28.6 Å². The van der Waals surface area contributed by atoms with Crippen LogP contribution < -0.4 is 19.5 Å². The molecule has 0 aliphatic rings. The van der Waals surface area contributed by atoms with Crippen LogP contribution in [0.2, 0.25) is 0 Å². The van der Waals surface area contributed by atoms with Crippen LogP contribution in [0.1, 0.15) is 16.2 Å². The van der Waals surface area contributed by atoms with Crippen LogP contribution in [0.3, 0.4) is 0 Å². The van der Waals surface area contributed by atoms with E-state index >= 15 is 0 Å². The lowest BCUT2D eigenvalue weighted by Gasteiger charge is -2.14. The predicted octanol–water partition coefficient (Wildman–Crippen LogP) is 1.63. The number of ether oxygens (including phenoxy) is 4. The van der Waals surface area contributed by atoms with Crippen molar-refractivity contribution in [2.24, 2.45) is 0 Å². The van der Waals surface area contributed by atoms with Crippen molar-refractivity contribution in [2.75, 3.05) is 27.9 Å². The normalized spacial score (nSPS) is 10.3. The van der Waals surface area contributed by atoms with E-state index in [9.17, 15) is 9.59 Å². The fourth-order valence-corrected chi connectivity index (χ4v) is 2.59. The number of amides is 1. The fourth-order valence-electron chi connectivity index (χ4n) is 2.59. The Labute approximate surface area is 177 Å². The summed E-state index contributed by atoms with van der Waals surface area (Å²) in [6.07, 6.45) is 3.21. The number of hydrogen-bond acceptors (Lipinski definition) is 10. The van der Waals surface area contributed by atoms with Crippen molar-refractivity contribution in [3.8, 4) is 28.6 Å². The maximum atomic E-state index is 12.4. The summed E-state index contributed by atoms with van der Waals surface area (Å²) in [4.78, 5) is 32.5. The second-order valence-corrected chi connectivity index (χ2v) is 6.01. The second-order valence-electron chi connectivity index (χ2n) is 6.01. The van der Waals surface area contributed by atoms with Gasteiger partial charge in [0.2, 0.25) is 11.6 Å². The summed E-state index contributed by atoms with van der Waals surface area (Å²) >= 11 is 0. The Morgan fingerprint density at radius 1 is 1.10 bits per heavy atom. The zero-order valence-corrected chi connectivity index (χ0v) is 17.1. The molecule has 3 rings (SSSR count). The van der Waals surface area contributed by atoms with Crippen molar-refractivity contribution in [3.63, 3.8) is 0 Å². The second kappa shape index (κ2) is 10.1. The van der Waals surface area contributed by atoms with Crippen molar-refractivity contribution in [2.45, 2.75) is 6.61 Å². The van der Waals surface area contributed by atoms with Crippen LogP contribution in [0.5, 0.6) is 17.2 Å². The molecule has 0 fully saturated rings. The van der Waals surface area contributed by atoms with Gasteiger partial charge in [-0.3, -0.25) is 14.6 Å². The summed E-state index contributed by atoms with van der Waals surface area (Å²) in [6, 6.07) is 6.45. The topological polar surface area (TPSA) is 135 Å². The van der Waals surface area contributed by atoms with Crippen LogP contribution in [0.15, 0.2) is 41.2 Å². The number of benzene rings is 1. The van der Waals surface area contributed by atoms with E-state index in [1.54, 1.807) is 24.5 Å². The van der Waals surface area contributed by atoms with E-state index in [-0.39, 0.29) is 24.6 Å². The van der Waals surface area contributed by atoms with Crippen LogP contribution in [-0.2, 0) is 16.1 Å². The minimum absolute atomic E-state index is 0.114. The first-order chi connectivity index (χ1) is 15.0. The Bertz CT molecular complexity index is 1030. The van der Waals surface area contributed by atoms with Gasteiger partial charge in [0.25, 0.3) is 11.8 Å². The van der Waals surface area contributed by atoms with Gasteiger partial charge in [0.15, 0.2) is 18.1 Å². The summed E-state index contributed by atoms with van der Waals surface area (Å²) in [7, 11) is 4.33. The maximum absolute atomic E-state index is 12.4. The molecule has 0 bridgehead atoms. The molecular formula is C20H20N4O7. The summed E-state index contributed by atoms with van der Waals surface area (Å²) in [5, 5.41) is 6.27. The Morgan fingerprint density at radius 3 is 2.45 bits per heavy atom. The minimum atomic E-state index is -0.679. The highest BCUT2D eigenvalue weighted by Crippen LogP contribution is 2.38. The van der Waals surface area contributed by atoms with Crippen molar-refractivity contribution in [1.29, 1.82) is 0 Å². The molecule has 11 nitrogen and oxygen atoms in total. The number of aromatic nitrogens is 3. The average molecular weight is 428 g/mol. The third-order valence-electron chi connectivity index (χ3n) is 4.06. The smallest absolute Gasteiger partial charge is 0.325 e. The van der Waals surface area contributed by atoms with Gasteiger partial charge < -0.3 is 28.8 Å². The minimum Gasteiger partial charge on any atom is -0.493 e. The third kappa shape index (κ3) is 5.26. The zero-order valence-electron chi connectivity index (χ0n) is 17.1. The molecule has 2 aromatic heterocycles. The number of rotatable bonds is 9. The van der Waals surface area contributed by atoms with Gasteiger partial charge in [-0.25, -0.2) is 0 Å². The summed E-state index contributed by atoms with van der Waals surface area (Å²) in [5.41, 5.74) is 0.891. The number of methoxy groups -OCH3 is 3. The Balaban J connectivity index is 1.54. The maximum Gasteiger partial charge on any atom is 0.325 e. The van der Waals surface area contributed by atoms with Gasteiger partial charge in [-0.15, -0.1) is 0 Å². The van der Waals surface area contributed by atoms with Crippen LogP contribution in [-0.4, -0.2) is 54.9 Å². The molecule has 1 N–H and O–H groups in total. The quantitative estimate of drug-likeness (QED) is 0.501. The molecule has 31 heavy (non-hydrogen) atoms. The first kappa shape index (κ1) is 21.6. The molecule has 0 aliphatic heterocycles. The molecule has 0 radical (unpaired) electrons. The zero-order chi connectivity index (χ0) is 22.2. The fraction of sp³-hybridized carbons (Fsp3) is 0.250. The molecule has 0 saturated heterocycles. The monoisotopic (exact) mass is 428 g/mol. The Morgan fingerprint density at radius 2 is 1.84 bits per heavy atom. The van der Waals surface area contributed by atoms with Gasteiger partial charge in [0.1, 0.15) is 6.54 Å². The lowest BCUT2D eigenvalue weighted by Crippen LogP contribution is -2.30. The predicted molar refractivity (Wildman–Crippen MR) is 106 cm³/mol. The first-order valence-electron chi connectivity index (χ1n) is 9.02. The number of hydrogen-bond donors (Lipinski definition) is 1. The van der Waals surface area contributed by atoms with Crippen molar-refractivity contribution < 1.29 is 33.1 Å². The van der Waals surface area contributed by atoms with E-state index in [0.717, 1.165) is 0 Å². The number of carbonyl (C=O) groups excluding carboxylic acids is 2. The summed E-state index contributed by atoms with van der Waals surface area (Å²) in [5.74, 6) is 0.227. The average Bonchev–Trinajstić information content (AvgIpc) is 3.29. The molecule has 0 atom stereocenters. The highest BCUT2D eigenvalue weighted by Gasteiger charge is 2.18. The van der Waals surface area contributed by atoms with Gasteiger partial charge in [0.05, 0.1) is 21.3 Å². The Kier molecular flexibility index (Phi) is 6.99. The van der Waals surface area contributed by atoms with E-state index in [1.165, 1.54) is 33.5 Å². The molecule has 11 heteroatoms. The highest BCUT2D eigenvalue weighted by atomic mass is 16.6. The summed E-state index contributed by atoms with van der Waals surface area (Å²) in [6.45, 7) is -0.592. The van der Waals surface area contributed by atoms with Gasteiger partial charge >= 0.3 is 5.97 Å². The molecule has 0 saturated carbocycles. The number of nitrogens with zero attached hydrogens (tertiary/aromatic N) is 3. The van der Waals surface area contributed by atoms with Crippen LogP contribution >= 0.6 is 0 Å². The van der Waals surface area contributed by atoms with Crippen LogP contribution in [0.4, 0.5) is 0 Å². The molecule has 2 heterocycles. The van der Waals surface area contributed by atoms with Crippen molar-refractivity contribution in [3.05, 3.63) is 48.1 Å². The van der Waals surface area contributed by atoms with E-state index in [1.807, 2.05) is 0 Å². The van der Waals surface area contributed by atoms with E-state index < -0.39 is 11.9 Å². The Hall–Kier alpha value is -4.15. The largest absolute Gasteiger partial charge is 0.493 e.